The average molecular weight is 528 g/mol. The molecule has 4 rings (SSSR count). The van der Waals surface area contributed by atoms with Gasteiger partial charge in [0.05, 0.1) is 30.3 Å². The first kappa shape index (κ1) is 26.7. The van der Waals surface area contributed by atoms with Gasteiger partial charge in [-0.05, 0) is 88.8 Å². The zero-order valence-electron chi connectivity index (χ0n) is 20.6. The van der Waals surface area contributed by atoms with E-state index < -0.39 is 23.9 Å². The Balaban J connectivity index is 1.66. The third-order valence-electron chi connectivity index (χ3n) is 6.15. The molecule has 0 aliphatic rings. The number of benzene rings is 3. The zero-order valence-corrected chi connectivity index (χ0v) is 21.5. The third kappa shape index (κ3) is 6.51. The first-order chi connectivity index (χ1) is 18.4. The molecule has 2 atom stereocenters. The van der Waals surface area contributed by atoms with E-state index in [1.807, 2.05) is 16.8 Å². The van der Waals surface area contributed by atoms with Gasteiger partial charge in [-0.2, -0.15) is 16.6 Å². The van der Waals surface area contributed by atoms with Crippen molar-refractivity contribution in [3.63, 3.8) is 0 Å². The Morgan fingerprint density at radius 1 is 1.00 bits per heavy atom. The zero-order chi connectivity index (χ0) is 27.1. The number of carbonyl (C=O) groups excluding carboxylic acids is 2. The SMILES string of the molecule is C[C@@H](NC(=O)c1cc(C(=O)N[C@H](CO)Cc2ccsc2)cc(-c2ccccc2C#N)c1)c1ccc(F)cc1. The highest BCUT2D eigenvalue weighted by molar-refractivity contribution is 7.07. The van der Waals surface area contributed by atoms with Gasteiger partial charge in [-0.3, -0.25) is 9.59 Å². The van der Waals surface area contributed by atoms with Gasteiger partial charge in [0, 0.05) is 11.1 Å². The number of nitrogens with one attached hydrogen (secondary N) is 2. The molecule has 4 aromatic rings. The van der Waals surface area contributed by atoms with E-state index in [-0.39, 0.29) is 23.6 Å². The summed E-state index contributed by atoms with van der Waals surface area (Å²) in [7, 11) is 0. The molecule has 0 saturated heterocycles. The molecule has 192 valence electrons. The molecule has 1 aromatic heterocycles. The van der Waals surface area contributed by atoms with E-state index in [1.165, 1.54) is 29.5 Å². The van der Waals surface area contributed by atoms with Crippen molar-refractivity contribution in [1.82, 2.24) is 10.6 Å². The number of nitriles is 1. The fraction of sp³-hybridized carbons (Fsp3) is 0.167. The molecule has 0 aliphatic carbocycles. The van der Waals surface area contributed by atoms with Crippen molar-refractivity contribution in [2.45, 2.75) is 25.4 Å². The van der Waals surface area contributed by atoms with Crippen LogP contribution in [0.1, 0.15) is 50.4 Å². The predicted molar refractivity (Wildman–Crippen MR) is 145 cm³/mol. The second-order valence-electron chi connectivity index (χ2n) is 8.89. The van der Waals surface area contributed by atoms with Gasteiger partial charge in [0.2, 0.25) is 0 Å². The van der Waals surface area contributed by atoms with Crippen molar-refractivity contribution in [2.24, 2.45) is 0 Å². The lowest BCUT2D eigenvalue weighted by Crippen LogP contribution is -2.39. The fourth-order valence-electron chi connectivity index (χ4n) is 4.12. The van der Waals surface area contributed by atoms with Crippen LogP contribution >= 0.6 is 11.3 Å². The van der Waals surface area contributed by atoms with Gasteiger partial charge in [0.15, 0.2) is 0 Å². The third-order valence-corrected chi connectivity index (χ3v) is 6.88. The molecule has 8 heteroatoms. The molecule has 0 unspecified atom stereocenters. The van der Waals surface area contributed by atoms with Crippen molar-refractivity contribution < 1.29 is 19.1 Å². The first-order valence-electron chi connectivity index (χ1n) is 12.0. The van der Waals surface area contributed by atoms with E-state index in [0.29, 0.717) is 23.1 Å². The molecule has 0 bridgehead atoms. The Morgan fingerprint density at radius 2 is 1.68 bits per heavy atom. The van der Waals surface area contributed by atoms with E-state index in [9.17, 15) is 24.3 Å². The Labute approximate surface area is 224 Å². The summed E-state index contributed by atoms with van der Waals surface area (Å²) in [4.78, 5) is 26.6. The summed E-state index contributed by atoms with van der Waals surface area (Å²) in [5.41, 5.74) is 3.70. The van der Waals surface area contributed by atoms with Crippen LogP contribution in [0.5, 0.6) is 0 Å². The maximum Gasteiger partial charge on any atom is 0.251 e. The number of carbonyl (C=O) groups is 2. The molecule has 2 amide bonds. The van der Waals surface area contributed by atoms with Crippen LogP contribution < -0.4 is 10.6 Å². The van der Waals surface area contributed by atoms with E-state index in [2.05, 4.69) is 16.7 Å². The molecule has 0 saturated carbocycles. The maximum absolute atomic E-state index is 13.3. The number of thiophene rings is 1. The Kier molecular flexibility index (Phi) is 8.64. The van der Waals surface area contributed by atoms with Gasteiger partial charge < -0.3 is 15.7 Å². The first-order valence-corrected chi connectivity index (χ1v) is 13.0. The molecule has 0 fully saturated rings. The van der Waals surface area contributed by atoms with Crippen molar-refractivity contribution in [1.29, 1.82) is 5.26 Å². The molecule has 0 aliphatic heterocycles. The molecule has 38 heavy (non-hydrogen) atoms. The van der Waals surface area contributed by atoms with Gasteiger partial charge in [-0.25, -0.2) is 4.39 Å². The largest absolute Gasteiger partial charge is 0.394 e. The standard InChI is InChI=1S/C30H26FN3O3S/c1-19(21-6-8-26(31)9-7-21)33-29(36)24-13-23(28-5-3-2-4-22(28)16-32)14-25(15-24)30(37)34-27(17-35)12-20-10-11-38-18-20/h2-11,13-15,18-19,27,35H,12,17H2,1H3,(H,33,36)(H,34,37)/t19-,27+/m1/s1. The minimum absolute atomic E-state index is 0.221. The summed E-state index contributed by atoms with van der Waals surface area (Å²) in [6.45, 7) is 1.53. The predicted octanol–water partition coefficient (Wildman–Crippen LogP) is 5.25. The van der Waals surface area contributed by atoms with Crippen LogP contribution in [0.25, 0.3) is 11.1 Å². The lowest BCUT2D eigenvalue weighted by atomic mass is 9.95. The molecule has 6 nitrogen and oxygen atoms in total. The molecular formula is C30H26FN3O3S. The average Bonchev–Trinajstić information content (AvgIpc) is 3.45. The van der Waals surface area contributed by atoms with Gasteiger partial charge in [0.25, 0.3) is 11.8 Å². The van der Waals surface area contributed by atoms with E-state index >= 15 is 0 Å². The molecule has 0 spiro atoms. The summed E-state index contributed by atoms with van der Waals surface area (Å²) < 4.78 is 13.3. The van der Waals surface area contributed by atoms with Crippen LogP contribution in [0, 0.1) is 17.1 Å². The van der Waals surface area contributed by atoms with E-state index in [0.717, 1.165) is 11.1 Å². The quantitative estimate of drug-likeness (QED) is 0.277. The number of amides is 2. The number of nitrogens with zero attached hydrogens (tertiary/aromatic N) is 1. The number of aliphatic hydroxyl groups excluding tert-OH is 1. The van der Waals surface area contributed by atoms with Gasteiger partial charge in [0.1, 0.15) is 5.82 Å². The van der Waals surface area contributed by atoms with Crippen LogP contribution in [-0.4, -0.2) is 29.6 Å². The van der Waals surface area contributed by atoms with Crippen LogP contribution in [-0.2, 0) is 6.42 Å². The molecular weight excluding hydrogens is 501 g/mol. The second-order valence-corrected chi connectivity index (χ2v) is 9.67. The highest BCUT2D eigenvalue weighted by atomic mass is 32.1. The monoisotopic (exact) mass is 527 g/mol. The Hall–Kier alpha value is -4.32. The topological polar surface area (TPSA) is 102 Å². The van der Waals surface area contributed by atoms with E-state index in [1.54, 1.807) is 55.5 Å². The van der Waals surface area contributed by atoms with Gasteiger partial charge in [-0.15, -0.1) is 0 Å². The summed E-state index contributed by atoms with van der Waals surface area (Å²) in [6.07, 6.45) is 0.464. The number of aliphatic hydroxyl groups is 1. The van der Waals surface area contributed by atoms with Crippen molar-refractivity contribution in [2.75, 3.05) is 6.61 Å². The highest BCUT2D eigenvalue weighted by Crippen LogP contribution is 2.26. The van der Waals surface area contributed by atoms with E-state index in [4.69, 9.17) is 0 Å². The lowest BCUT2D eigenvalue weighted by molar-refractivity contribution is 0.0916. The van der Waals surface area contributed by atoms with Gasteiger partial charge in [-0.1, -0.05) is 30.3 Å². The summed E-state index contributed by atoms with van der Waals surface area (Å²) in [6, 6.07) is 20.7. The highest BCUT2D eigenvalue weighted by Gasteiger charge is 2.19. The molecule has 0 radical (unpaired) electrons. The number of halogens is 1. The van der Waals surface area contributed by atoms with Crippen LogP contribution in [0.2, 0.25) is 0 Å². The Morgan fingerprint density at radius 3 is 2.32 bits per heavy atom. The lowest BCUT2D eigenvalue weighted by Gasteiger charge is -2.18. The summed E-state index contributed by atoms with van der Waals surface area (Å²) in [5.74, 6) is -1.24. The number of hydrogen-bond acceptors (Lipinski definition) is 5. The van der Waals surface area contributed by atoms with Crippen molar-refractivity contribution >= 4 is 23.2 Å². The second kappa shape index (κ2) is 12.3. The fourth-order valence-corrected chi connectivity index (χ4v) is 4.80. The van der Waals surface area contributed by atoms with Crippen molar-refractivity contribution in [3.8, 4) is 17.2 Å². The van der Waals surface area contributed by atoms with Crippen LogP contribution in [0.15, 0.2) is 83.6 Å². The van der Waals surface area contributed by atoms with Crippen molar-refractivity contribution in [3.05, 3.63) is 117 Å². The maximum atomic E-state index is 13.3. The smallest absolute Gasteiger partial charge is 0.251 e. The minimum atomic E-state index is -0.511. The number of rotatable bonds is 9. The normalized spacial score (nSPS) is 12.3. The number of hydrogen-bond donors (Lipinski definition) is 3. The minimum Gasteiger partial charge on any atom is -0.394 e. The molecule has 3 N–H and O–H groups in total. The Bertz CT molecular complexity index is 1460. The summed E-state index contributed by atoms with van der Waals surface area (Å²) in [5, 5.41) is 29.1. The summed E-state index contributed by atoms with van der Waals surface area (Å²) >= 11 is 1.54. The van der Waals surface area contributed by atoms with Crippen LogP contribution in [0.3, 0.4) is 0 Å². The van der Waals surface area contributed by atoms with Crippen LogP contribution in [0.4, 0.5) is 4.39 Å². The molecule has 1 heterocycles. The van der Waals surface area contributed by atoms with Gasteiger partial charge >= 0.3 is 0 Å². The molecule has 3 aromatic carbocycles.